The Morgan fingerprint density at radius 2 is 1.65 bits per heavy atom. The number of rotatable bonds is 7. The van der Waals surface area contributed by atoms with Crippen LogP contribution in [0.1, 0.15) is 28.3 Å². The smallest absolute Gasteiger partial charge is 0.407 e. The highest BCUT2D eigenvalue weighted by Gasteiger charge is 2.30. The van der Waals surface area contributed by atoms with Crippen LogP contribution in [0.2, 0.25) is 0 Å². The third-order valence-electron chi connectivity index (χ3n) is 6.11. The number of aromatic nitrogens is 3. The highest BCUT2D eigenvalue weighted by Crippen LogP contribution is 2.44. The van der Waals surface area contributed by atoms with Crippen LogP contribution in [0.15, 0.2) is 72.8 Å². The van der Waals surface area contributed by atoms with E-state index in [1.54, 1.807) is 23.9 Å². The lowest BCUT2D eigenvalue weighted by Crippen LogP contribution is -2.44. The van der Waals surface area contributed by atoms with Gasteiger partial charge in [0, 0.05) is 5.92 Å². The normalized spacial score (nSPS) is 13.3. The molecule has 1 atom stereocenters. The second-order valence-corrected chi connectivity index (χ2v) is 9.12. The Bertz CT molecular complexity index is 1310. The molecule has 1 amide bonds. The maximum absolute atomic E-state index is 13.2. The van der Waals surface area contributed by atoms with E-state index in [1.807, 2.05) is 42.7 Å². The number of amides is 1. The molecule has 4 aromatic rings. The molecule has 34 heavy (non-hydrogen) atoms. The molecule has 1 aliphatic rings. The fourth-order valence-electron chi connectivity index (χ4n) is 4.45. The van der Waals surface area contributed by atoms with Gasteiger partial charge in [-0.25, -0.2) is 4.79 Å². The monoisotopic (exact) mass is 472 g/mol. The molecular formula is C26H24N4O3S. The Labute approximate surface area is 201 Å². The van der Waals surface area contributed by atoms with Gasteiger partial charge in [0.2, 0.25) is 0 Å². The minimum Gasteiger partial charge on any atom is -0.449 e. The van der Waals surface area contributed by atoms with Crippen molar-refractivity contribution in [1.82, 2.24) is 20.3 Å². The third-order valence-corrected chi connectivity index (χ3v) is 6.75. The summed E-state index contributed by atoms with van der Waals surface area (Å²) >= 11 is 1.60. The van der Waals surface area contributed by atoms with Crippen molar-refractivity contribution in [2.45, 2.75) is 18.4 Å². The summed E-state index contributed by atoms with van der Waals surface area (Å²) in [6.07, 6.45) is 1.80. The van der Waals surface area contributed by atoms with Crippen LogP contribution < -0.4 is 5.32 Å². The number of benzene rings is 3. The van der Waals surface area contributed by atoms with E-state index in [4.69, 9.17) is 4.74 Å². The number of carbonyl (C=O) groups is 2. The van der Waals surface area contributed by atoms with Gasteiger partial charge in [-0.15, -0.1) is 5.10 Å². The highest BCUT2D eigenvalue weighted by atomic mass is 32.2. The van der Waals surface area contributed by atoms with Crippen LogP contribution in [0.5, 0.6) is 0 Å². The van der Waals surface area contributed by atoms with Crippen molar-refractivity contribution in [3.05, 3.63) is 83.9 Å². The molecule has 1 aliphatic carbocycles. The van der Waals surface area contributed by atoms with Crippen molar-refractivity contribution in [1.29, 1.82) is 0 Å². The third kappa shape index (κ3) is 4.17. The number of ether oxygens (including phenoxy) is 1. The first-order chi connectivity index (χ1) is 16.7. The van der Waals surface area contributed by atoms with Crippen LogP contribution in [0.4, 0.5) is 4.79 Å². The number of hydrogen-bond acceptors (Lipinski definition) is 6. The summed E-state index contributed by atoms with van der Waals surface area (Å²) < 4.78 is 6.90. The predicted octanol–water partition coefficient (Wildman–Crippen LogP) is 4.73. The molecule has 3 aromatic carbocycles. The quantitative estimate of drug-likeness (QED) is 0.418. The van der Waals surface area contributed by atoms with Crippen LogP contribution in [-0.2, 0) is 4.74 Å². The molecule has 0 bridgehead atoms. The van der Waals surface area contributed by atoms with Crippen molar-refractivity contribution in [3.8, 4) is 11.1 Å². The van der Waals surface area contributed by atoms with Crippen molar-refractivity contribution >= 4 is 34.8 Å². The minimum atomic E-state index is -0.770. The summed E-state index contributed by atoms with van der Waals surface area (Å²) in [4.78, 5) is 26.0. The Morgan fingerprint density at radius 1 is 1.00 bits per heavy atom. The molecule has 0 saturated carbocycles. The molecule has 0 fully saturated rings. The van der Waals surface area contributed by atoms with Crippen molar-refractivity contribution in [3.63, 3.8) is 0 Å². The molecule has 1 N–H and O–H groups in total. The van der Waals surface area contributed by atoms with Crippen LogP contribution in [0.25, 0.3) is 22.2 Å². The van der Waals surface area contributed by atoms with E-state index in [-0.39, 0.29) is 18.4 Å². The largest absolute Gasteiger partial charge is 0.449 e. The van der Waals surface area contributed by atoms with Gasteiger partial charge in [0.05, 0.1) is 5.52 Å². The lowest BCUT2D eigenvalue weighted by molar-refractivity contribution is 0.0824. The van der Waals surface area contributed by atoms with Crippen molar-refractivity contribution in [2.24, 2.45) is 0 Å². The van der Waals surface area contributed by atoms with E-state index in [0.29, 0.717) is 23.2 Å². The van der Waals surface area contributed by atoms with Crippen LogP contribution in [0.3, 0.4) is 0 Å². The highest BCUT2D eigenvalue weighted by molar-refractivity contribution is 7.98. The van der Waals surface area contributed by atoms with Gasteiger partial charge in [-0.3, -0.25) is 4.79 Å². The van der Waals surface area contributed by atoms with Crippen LogP contribution in [-0.4, -0.2) is 51.7 Å². The van der Waals surface area contributed by atoms with Crippen molar-refractivity contribution in [2.75, 3.05) is 18.6 Å². The van der Waals surface area contributed by atoms with E-state index >= 15 is 0 Å². The van der Waals surface area contributed by atoms with E-state index < -0.39 is 12.1 Å². The lowest BCUT2D eigenvalue weighted by atomic mass is 9.98. The summed E-state index contributed by atoms with van der Waals surface area (Å²) in [5.41, 5.74) is 5.84. The topological polar surface area (TPSA) is 86.1 Å². The Hall–Kier alpha value is -3.65. The van der Waals surface area contributed by atoms with Gasteiger partial charge in [0.15, 0.2) is 0 Å². The van der Waals surface area contributed by atoms with Gasteiger partial charge in [-0.2, -0.15) is 16.4 Å². The van der Waals surface area contributed by atoms with Gasteiger partial charge >= 0.3 is 6.09 Å². The summed E-state index contributed by atoms with van der Waals surface area (Å²) in [7, 11) is 0. The first-order valence-corrected chi connectivity index (χ1v) is 12.5. The standard InChI is InChI=1S/C26H24N4O3S/c1-34-15-14-23(25(31)30-24-13-7-6-12-22(24)28-29-30)27-26(32)33-16-21-19-10-4-2-8-17(19)18-9-3-5-11-20(18)21/h2-13,21,23H,14-16H2,1H3,(H,27,32)/t23-/m0/s1. The maximum Gasteiger partial charge on any atom is 0.407 e. The molecule has 0 aliphatic heterocycles. The zero-order chi connectivity index (χ0) is 23.5. The number of carbonyl (C=O) groups excluding carboxylic acids is 2. The fourth-order valence-corrected chi connectivity index (χ4v) is 4.93. The Balaban J connectivity index is 1.31. The number of nitrogens with zero attached hydrogens (tertiary/aromatic N) is 3. The number of thioether (sulfide) groups is 1. The second-order valence-electron chi connectivity index (χ2n) is 8.13. The fraction of sp³-hybridized carbons (Fsp3) is 0.231. The number of hydrogen-bond donors (Lipinski definition) is 1. The molecule has 0 radical (unpaired) electrons. The van der Waals surface area contributed by atoms with E-state index in [9.17, 15) is 9.59 Å². The van der Waals surface area contributed by atoms with Gasteiger partial charge in [0.25, 0.3) is 5.91 Å². The summed E-state index contributed by atoms with van der Waals surface area (Å²) in [5.74, 6) is 0.321. The molecule has 7 nitrogen and oxygen atoms in total. The molecule has 0 saturated heterocycles. The molecule has 8 heteroatoms. The summed E-state index contributed by atoms with van der Waals surface area (Å²) in [6, 6.07) is 22.8. The molecule has 1 aromatic heterocycles. The Morgan fingerprint density at radius 3 is 2.35 bits per heavy atom. The average Bonchev–Trinajstić information content (AvgIpc) is 3.44. The molecule has 0 unspecified atom stereocenters. The van der Waals surface area contributed by atoms with E-state index in [0.717, 1.165) is 22.3 Å². The zero-order valence-corrected chi connectivity index (χ0v) is 19.5. The van der Waals surface area contributed by atoms with E-state index in [1.165, 1.54) is 4.68 Å². The molecule has 1 heterocycles. The van der Waals surface area contributed by atoms with E-state index in [2.05, 4.69) is 39.9 Å². The van der Waals surface area contributed by atoms with Gasteiger partial charge < -0.3 is 10.1 Å². The maximum atomic E-state index is 13.2. The molecule has 5 rings (SSSR count). The minimum absolute atomic E-state index is 0.0437. The van der Waals surface area contributed by atoms with Gasteiger partial charge in [0.1, 0.15) is 18.2 Å². The summed E-state index contributed by atoms with van der Waals surface area (Å²) in [5, 5.41) is 10.8. The molecule has 172 valence electrons. The van der Waals surface area contributed by atoms with Crippen LogP contribution >= 0.6 is 11.8 Å². The first-order valence-electron chi connectivity index (χ1n) is 11.1. The number of alkyl carbamates (subject to hydrolysis) is 1. The first kappa shape index (κ1) is 22.2. The van der Waals surface area contributed by atoms with Gasteiger partial charge in [-0.1, -0.05) is 65.9 Å². The number of para-hydroxylation sites is 1. The zero-order valence-electron chi connectivity index (χ0n) is 18.7. The second kappa shape index (κ2) is 9.69. The van der Waals surface area contributed by atoms with Crippen molar-refractivity contribution < 1.29 is 14.3 Å². The number of nitrogens with one attached hydrogen (secondary N) is 1. The molecular weight excluding hydrogens is 448 g/mol. The number of fused-ring (bicyclic) bond motifs is 4. The lowest BCUT2D eigenvalue weighted by Gasteiger charge is -2.19. The van der Waals surface area contributed by atoms with Gasteiger partial charge in [-0.05, 0) is 52.8 Å². The van der Waals surface area contributed by atoms with Crippen LogP contribution in [0, 0.1) is 0 Å². The Kier molecular flexibility index (Phi) is 6.31. The average molecular weight is 473 g/mol. The molecule has 0 spiro atoms. The summed E-state index contributed by atoms with van der Waals surface area (Å²) in [6.45, 7) is 0.190. The SMILES string of the molecule is CSCC[C@H](NC(=O)OCC1c2ccccc2-c2ccccc21)C(=O)n1nnc2ccccc21. The predicted molar refractivity (Wildman–Crippen MR) is 133 cm³/mol.